The third-order valence-corrected chi connectivity index (χ3v) is 8.63. The van der Waals surface area contributed by atoms with Crippen LogP contribution in [0.4, 0.5) is 4.79 Å². The molecule has 1 aliphatic heterocycles. The number of aromatic nitrogens is 4. The first-order chi connectivity index (χ1) is 22.0. The van der Waals surface area contributed by atoms with Crippen LogP contribution in [0.1, 0.15) is 61.7 Å². The number of aliphatic hydroxyl groups is 1. The lowest BCUT2D eigenvalue weighted by atomic mass is 9.83. The summed E-state index contributed by atoms with van der Waals surface area (Å²) in [5.41, 5.74) is 1.52. The monoisotopic (exact) mass is 620 g/mol. The molecule has 13 nitrogen and oxygen atoms in total. The Kier molecular flexibility index (Phi) is 11.6. The molecule has 6 N–H and O–H groups in total. The van der Waals surface area contributed by atoms with Crippen LogP contribution in [0.3, 0.4) is 0 Å². The van der Waals surface area contributed by atoms with Gasteiger partial charge < -0.3 is 40.7 Å². The van der Waals surface area contributed by atoms with E-state index in [9.17, 15) is 19.5 Å². The molecule has 0 bridgehead atoms. The molecule has 1 aromatic carbocycles. The Bertz CT molecular complexity index is 1320. The maximum absolute atomic E-state index is 14.0. The molecule has 1 saturated heterocycles. The molecule has 2 fully saturated rings. The highest BCUT2D eigenvalue weighted by atomic mass is 16.5. The summed E-state index contributed by atoms with van der Waals surface area (Å²) in [5, 5.41) is 20.1. The van der Waals surface area contributed by atoms with Gasteiger partial charge in [0.2, 0.25) is 11.8 Å². The van der Waals surface area contributed by atoms with Crippen molar-refractivity contribution in [3.63, 3.8) is 0 Å². The van der Waals surface area contributed by atoms with Crippen molar-refractivity contribution in [1.82, 2.24) is 40.8 Å². The van der Waals surface area contributed by atoms with Gasteiger partial charge >= 0.3 is 6.03 Å². The number of hydrogen-bond acceptors (Lipinski definition) is 7. The normalized spacial score (nSPS) is 18.4. The van der Waals surface area contributed by atoms with Gasteiger partial charge in [0.05, 0.1) is 25.6 Å². The summed E-state index contributed by atoms with van der Waals surface area (Å²) in [4.78, 5) is 56.9. The zero-order chi connectivity index (χ0) is 31.4. The molecule has 1 aliphatic carbocycles. The predicted octanol–water partition coefficient (Wildman–Crippen LogP) is 2.00. The van der Waals surface area contributed by atoms with Crippen molar-refractivity contribution in [3.05, 3.63) is 72.3 Å². The van der Waals surface area contributed by atoms with E-state index in [0.717, 1.165) is 31.2 Å². The van der Waals surface area contributed by atoms with E-state index in [0.29, 0.717) is 50.2 Å². The van der Waals surface area contributed by atoms with Crippen molar-refractivity contribution in [2.75, 3.05) is 26.3 Å². The number of imidazole rings is 2. The van der Waals surface area contributed by atoms with E-state index >= 15 is 0 Å². The Hall–Kier alpha value is -4.23. The number of rotatable bonds is 13. The van der Waals surface area contributed by atoms with E-state index in [2.05, 4.69) is 35.9 Å². The van der Waals surface area contributed by atoms with E-state index in [1.807, 2.05) is 30.3 Å². The van der Waals surface area contributed by atoms with Gasteiger partial charge in [0.25, 0.3) is 0 Å². The van der Waals surface area contributed by atoms with Gasteiger partial charge in [-0.25, -0.2) is 14.8 Å². The summed E-state index contributed by atoms with van der Waals surface area (Å²) in [6.07, 6.45) is 11.8. The maximum atomic E-state index is 14.0. The third kappa shape index (κ3) is 9.38. The summed E-state index contributed by atoms with van der Waals surface area (Å²) in [7, 11) is 0. The molecule has 0 unspecified atom stereocenters. The highest BCUT2D eigenvalue weighted by Gasteiger charge is 2.33. The quantitative estimate of drug-likeness (QED) is 0.169. The fraction of sp³-hybridized carbons (Fsp3) is 0.531. The number of carbonyl (C=O) groups excluding carboxylic acids is 3. The number of morpholine rings is 1. The fourth-order valence-corrected chi connectivity index (χ4v) is 6.13. The summed E-state index contributed by atoms with van der Waals surface area (Å²) < 4.78 is 5.37. The molecule has 3 heterocycles. The third-order valence-electron chi connectivity index (χ3n) is 8.63. The Morgan fingerprint density at radius 2 is 1.69 bits per heavy atom. The number of aliphatic hydroxyl groups excluding tert-OH is 1. The van der Waals surface area contributed by atoms with Crippen LogP contribution >= 0.6 is 0 Å². The SMILES string of the molecule is O=C(N[C@@H](CC1CCCCC1)[C@@H](O)c1ncc[nH]1)[C@H](Cc1cnc[nH]1)NC(=O)[C@H](Cc1ccccc1)NC(=O)N1CCOCC1. The van der Waals surface area contributed by atoms with Gasteiger partial charge in [0, 0.05) is 50.2 Å². The van der Waals surface area contributed by atoms with E-state index in [-0.39, 0.29) is 18.9 Å². The number of benzene rings is 1. The molecule has 4 atom stereocenters. The number of nitrogens with one attached hydrogen (secondary N) is 5. The standard InChI is InChI=1S/C32H44N8O5/c41-28(29-34-11-12-35-29)25(17-22-7-3-1-4-8-22)37-31(43)27(19-24-20-33-21-36-24)38-30(42)26(18-23-9-5-2-6-10-23)39-32(44)40-13-15-45-16-14-40/h2,5-6,9-12,20-22,25-28,41H,1,3-4,7-8,13-19H2,(H,33,36)(H,34,35)(H,37,43)(H,38,42)(H,39,44)/t25-,26-,27-,28+/m0/s1. The zero-order valence-electron chi connectivity index (χ0n) is 25.5. The first kappa shape index (κ1) is 32.2. The molecule has 45 heavy (non-hydrogen) atoms. The van der Waals surface area contributed by atoms with Crippen molar-refractivity contribution in [3.8, 4) is 0 Å². The van der Waals surface area contributed by atoms with Gasteiger partial charge in [0.15, 0.2) is 0 Å². The predicted molar refractivity (Wildman–Crippen MR) is 166 cm³/mol. The van der Waals surface area contributed by atoms with Gasteiger partial charge in [-0.05, 0) is 17.9 Å². The summed E-state index contributed by atoms with van der Waals surface area (Å²) >= 11 is 0. The second kappa shape index (κ2) is 16.2. The largest absolute Gasteiger partial charge is 0.383 e. The van der Waals surface area contributed by atoms with Crippen molar-refractivity contribution >= 4 is 17.8 Å². The van der Waals surface area contributed by atoms with Crippen molar-refractivity contribution in [2.45, 2.75) is 75.6 Å². The Labute approximate surface area is 262 Å². The molecule has 2 aromatic heterocycles. The highest BCUT2D eigenvalue weighted by molar-refractivity contribution is 5.92. The van der Waals surface area contributed by atoms with Crippen LogP contribution in [0.5, 0.6) is 0 Å². The molecule has 1 saturated carbocycles. The number of carbonyl (C=O) groups is 3. The molecular weight excluding hydrogens is 576 g/mol. The topological polar surface area (TPSA) is 177 Å². The van der Waals surface area contributed by atoms with Crippen LogP contribution < -0.4 is 16.0 Å². The first-order valence-corrected chi connectivity index (χ1v) is 15.9. The number of urea groups is 1. The Morgan fingerprint density at radius 3 is 2.38 bits per heavy atom. The minimum Gasteiger partial charge on any atom is -0.383 e. The fourth-order valence-electron chi connectivity index (χ4n) is 6.13. The van der Waals surface area contributed by atoms with Crippen LogP contribution in [-0.4, -0.2) is 92.2 Å². The van der Waals surface area contributed by atoms with Gasteiger partial charge in [-0.3, -0.25) is 9.59 Å². The van der Waals surface area contributed by atoms with E-state index < -0.39 is 36.0 Å². The molecular formula is C32H44N8O5. The van der Waals surface area contributed by atoms with Crippen LogP contribution in [0.25, 0.3) is 0 Å². The number of aromatic amines is 2. The summed E-state index contributed by atoms with van der Waals surface area (Å²) in [6, 6.07) is 6.49. The van der Waals surface area contributed by atoms with Crippen molar-refractivity contribution in [2.24, 2.45) is 5.92 Å². The number of ether oxygens (including phenoxy) is 1. The molecule has 13 heteroatoms. The summed E-state index contributed by atoms with van der Waals surface area (Å²) in [6.45, 7) is 1.72. The van der Waals surface area contributed by atoms with Crippen molar-refractivity contribution < 1.29 is 24.2 Å². The lowest BCUT2D eigenvalue weighted by Crippen LogP contribution is -2.58. The minimum atomic E-state index is -1.05. The minimum absolute atomic E-state index is 0.139. The van der Waals surface area contributed by atoms with E-state index in [1.54, 1.807) is 23.5 Å². The zero-order valence-corrected chi connectivity index (χ0v) is 25.5. The van der Waals surface area contributed by atoms with Gasteiger partial charge in [-0.1, -0.05) is 62.4 Å². The maximum Gasteiger partial charge on any atom is 0.318 e. The second-order valence-corrected chi connectivity index (χ2v) is 11.9. The summed E-state index contributed by atoms with van der Waals surface area (Å²) in [5.74, 6) is -0.197. The molecule has 3 aromatic rings. The second-order valence-electron chi connectivity index (χ2n) is 11.9. The van der Waals surface area contributed by atoms with Gasteiger partial charge in [-0.2, -0.15) is 0 Å². The number of amides is 4. The number of nitrogens with zero attached hydrogens (tertiary/aromatic N) is 3. The van der Waals surface area contributed by atoms with Crippen molar-refractivity contribution in [1.29, 1.82) is 0 Å². The van der Waals surface area contributed by atoms with Crippen LogP contribution in [0.2, 0.25) is 0 Å². The average molecular weight is 621 g/mol. The highest BCUT2D eigenvalue weighted by Crippen LogP contribution is 2.30. The Morgan fingerprint density at radius 1 is 0.956 bits per heavy atom. The van der Waals surface area contributed by atoms with E-state index in [4.69, 9.17) is 4.74 Å². The Balaban J connectivity index is 1.34. The average Bonchev–Trinajstić information content (AvgIpc) is 3.80. The molecule has 5 rings (SSSR count). The van der Waals surface area contributed by atoms with Gasteiger partial charge in [0.1, 0.15) is 24.0 Å². The van der Waals surface area contributed by atoms with Crippen LogP contribution in [-0.2, 0) is 27.2 Å². The molecule has 242 valence electrons. The first-order valence-electron chi connectivity index (χ1n) is 15.9. The lowest BCUT2D eigenvalue weighted by Gasteiger charge is -2.31. The molecule has 0 spiro atoms. The number of hydrogen-bond donors (Lipinski definition) is 6. The smallest absolute Gasteiger partial charge is 0.318 e. The number of H-pyrrole nitrogens is 2. The van der Waals surface area contributed by atoms with E-state index in [1.165, 1.54) is 12.7 Å². The van der Waals surface area contributed by atoms with Gasteiger partial charge in [-0.15, -0.1) is 0 Å². The van der Waals surface area contributed by atoms with Crippen LogP contribution in [0, 0.1) is 5.92 Å². The molecule has 4 amide bonds. The molecule has 0 radical (unpaired) electrons. The lowest BCUT2D eigenvalue weighted by molar-refractivity contribution is -0.131. The molecule has 2 aliphatic rings. The van der Waals surface area contributed by atoms with Crippen LogP contribution in [0.15, 0.2) is 55.2 Å².